The minimum Gasteiger partial charge on any atom is -0.282 e. The average Bonchev–Trinajstić information content (AvgIpc) is 3.23. The zero-order chi connectivity index (χ0) is 15.4. The van der Waals surface area contributed by atoms with Crippen molar-refractivity contribution >= 4 is 23.6 Å². The molecule has 0 unspecified atom stereocenters. The highest BCUT2D eigenvalue weighted by Crippen LogP contribution is 2.28. The van der Waals surface area contributed by atoms with Gasteiger partial charge < -0.3 is 0 Å². The van der Waals surface area contributed by atoms with Crippen LogP contribution in [0.15, 0.2) is 5.16 Å². The number of hydrogen-bond acceptors (Lipinski definition) is 5. The molecule has 2 fully saturated rings. The number of amides is 2. The predicted octanol–water partition coefficient (Wildman–Crippen LogP) is 2.17. The van der Waals surface area contributed by atoms with Crippen LogP contribution in [0, 0.1) is 5.92 Å². The molecule has 2 amide bonds. The van der Waals surface area contributed by atoms with Gasteiger partial charge in [-0.1, -0.05) is 37.4 Å². The van der Waals surface area contributed by atoms with Crippen molar-refractivity contribution in [3.05, 3.63) is 5.82 Å². The molecule has 0 bridgehead atoms. The third-order valence-corrected chi connectivity index (χ3v) is 5.30. The molecular formula is C15H22N4O2S. The number of aryl methyl sites for hydroxylation is 1. The van der Waals surface area contributed by atoms with E-state index in [1.54, 1.807) is 0 Å². The van der Waals surface area contributed by atoms with Gasteiger partial charge in [-0.2, -0.15) is 0 Å². The molecule has 0 aromatic carbocycles. The topological polar surface area (TPSA) is 79.0 Å². The van der Waals surface area contributed by atoms with Gasteiger partial charge in [0, 0.05) is 31.6 Å². The summed E-state index contributed by atoms with van der Waals surface area (Å²) < 4.78 is 0. The molecule has 22 heavy (non-hydrogen) atoms. The Morgan fingerprint density at radius 1 is 1.18 bits per heavy atom. The number of carbonyl (C=O) groups is 2. The Morgan fingerprint density at radius 3 is 2.64 bits per heavy atom. The van der Waals surface area contributed by atoms with E-state index >= 15 is 0 Å². The lowest BCUT2D eigenvalue weighted by molar-refractivity contribution is -0.137. The van der Waals surface area contributed by atoms with Crippen LogP contribution in [0.1, 0.15) is 50.8 Å². The summed E-state index contributed by atoms with van der Waals surface area (Å²) in [5.41, 5.74) is 0. The molecule has 0 atom stereocenters. The molecule has 1 aromatic rings. The number of imide groups is 1. The van der Waals surface area contributed by atoms with E-state index < -0.39 is 0 Å². The monoisotopic (exact) mass is 322 g/mol. The summed E-state index contributed by atoms with van der Waals surface area (Å²) in [4.78, 5) is 28.8. The molecular weight excluding hydrogens is 300 g/mol. The standard InChI is InChI=1S/C15H22N4O2S/c20-13-7-8-14(21)19(13)9-10-22-15-16-12(17-18-15)6-5-11-3-1-2-4-11/h11H,1-10H2,(H,16,17,18). The molecule has 1 aromatic heterocycles. The minimum absolute atomic E-state index is 0.0576. The number of rotatable bonds is 7. The van der Waals surface area contributed by atoms with Gasteiger partial charge in [0.2, 0.25) is 17.0 Å². The number of aromatic nitrogens is 3. The zero-order valence-corrected chi connectivity index (χ0v) is 13.5. The Labute approximate surface area is 134 Å². The number of thioether (sulfide) groups is 1. The number of nitrogens with one attached hydrogen (secondary N) is 1. The highest BCUT2D eigenvalue weighted by atomic mass is 32.2. The third kappa shape index (κ3) is 3.88. The molecule has 0 spiro atoms. The van der Waals surface area contributed by atoms with Crippen molar-refractivity contribution in [2.24, 2.45) is 5.92 Å². The number of carbonyl (C=O) groups excluding carboxylic acids is 2. The van der Waals surface area contributed by atoms with E-state index in [0.717, 1.165) is 18.2 Å². The molecule has 2 heterocycles. The van der Waals surface area contributed by atoms with Crippen LogP contribution in [0.2, 0.25) is 0 Å². The number of H-pyrrole nitrogens is 1. The first-order valence-electron chi connectivity index (χ1n) is 8.09. The molecule has 1 aliphatic carbocycles. The quantitative estimate of drug-likeness (QED) is 0.615. The summed E-state index contributed by atoms with van der Waals surface area (Å²) in [5.74, 6) is 2.34. The van der Waals surface area contributed by atoms with Crippen molar-refractivity contribution in [3.8, 4) is 0 Å². The first kappa shape index (κ1) is 15.5. The molecule has 0 radical (unpaired) electrons. The van der Waals surface area contributed by atoms with Gasteiger partial charge in [-0.15, -0.1) is 5.10 Å². The lowest BCUT2D eigenvalue weighted by atomic mass is 10.0. The largest absolute Gasteiger partial charge is 0.282 e. The molecule has 2 aliphatic rings. The summed E-state index contributed by atoms with van der Waals surface area (Å²) in [7, 11) is 0. The van der Waals surface area contributed by atoms with Crippen molar-refractivity contribution in [2.75, 3.05) is 12.3 Å². The van der Waals surface area contributed by atoms with Gasteiger partial charge in [0.25, 0.3) is 0 Å². The Hall–Kier alpha value is -1.37. The highest BCUT2D eigenvalue weighted by Gasteiger charge is 2.28. The Bertz CT molecular complexity index is 523. The number of aromatic amines is 1. The van der Waals surface area contributed by atoms with Crippen LogP contribution >= 0.6 is 11.8 Å². The Morgan fingerprint density at radius 2 is 1.91 bits per heavy atom. The minimum atomic E-state index is -0.0576. The van der Waals surface area contributed by atoms with Gasteiger partial charge in [-0.25, -0.2) is 4.98 Å². The highest BCUT2D eigenvalue weighted by molar-refractivity contribution is 7.99. The molecule has 1 N–H and O–H groups in total. The lowest BCUT2D eigenvalue weighted by Gasteiger charge is -2.11. The van der Waals surface area contributed by atoms with Crippen LogP contribution in [0.3, 0.4) is 0 Å². The van der Waals surface area contributed by atoms with Crippen LogP contribution in [-0.2, 0) is 16.0 Å². The van der Waals surface area contributed by atoms with Crippen LogP contribution in [0.5, 0.6) is 0 Å². The average molecular weight is 322 g/mol. The number of hydrogen-bond donors (Lipinski definition) is 1. The maximum Gasteiger partial charge on any atom is 0.229 e. The smallest absolute Gasteiger partial charge is 0.229 e. The fraction of sp³-hybridized carbons (Fsp3) is 0.733. The molecule has 1 saturated carbocycles. The molecule has 1 saturated heterocycles. The Balaban J connectivity index is 1.39. The van der Waals surface area contributed by atoms with Gasteiger partial charge in [0.15, 0.2) is 0 Å². The zero-order valence-electron chi connectivity index (χ0n) is 12.7. The fourth-order valence-electron chi connectivity index (χ4n) is 3.19. The third-order valence-electron chi connectivity index (χ3n) is 4.48. The first-order chi connectivity index (χ1) is 10.7. The second kappa shape index (κ2) is 7.26. The second-order valence-corrected chi connectivity index (χ2v) is 7.10. The predicted molar refractivity (Wildman–Crippen MR) is 83.3 cm³/mol. The van der Waals surface area contributed by atoms with Crippen LogP contribution in [-0.4, -0.2) is 44.2 Å². The van der Waals surface area contributed by atoms with Gasteiger partial charge >= 0.3 is 0 Å². The van der Waals surface area contributed by atoms with Crippen LogP contribution in [0.4, 0.5) is 0 Å². The summed E-state index contributed by atoms with van der Waals surface area (Å²) >= 11 is 1.49. The van der Waals surface area contributed by atoms with Gasteiger partial charge in [0.1, 0.15) is 5.82 Å². The van der Waals surface area contributed by atoms with Gasteiger partial charge in [0.05, 0.1) is 0 Å². The summed E-state index contributed by atoms with van der Waals surface area (Å²) in [6.45, 7) is 0.453. The van der Waals surface area contributed by atoms with Crippen LogP contribution in [0.25, 0.3) is 0 Å². The van der Waals surface area contributed by atoms with Crippen LogP contribution < -0.4 is 0 Å². The normalized spacial score (nSPS) is 19.5. The van der Waals surface area contributed by atoms with Crippen molar-refractivity contribution in [1.82, 2.24) is 20.1 Å². The van der Waals surface area contributed by atoms with E-state index in [1.807, 2.05) is 0 Å². The van der Waals surface area contributed by atoms with Crippen molar-refractivity contribution < 1.29 is 9.59 Å². The van der Waals surface area contributed by atoms with E-state index in [-0.39, 0.29) is 11.8 Å². The maximum absolute atomic E-state index is 11.5. The molecule has 1 aliphatic heterocycles. The van der Waals surface area contributed by atoms with E-state index in [9.17, 15) is 9.59 Å². The van der Waals surface area contributed by atoms with Gasteiger partial charge in [-0.3, -0.25) is 19.6 Å². The Kier molecular flexibility index (Phi) is 5.12. The molecule has 6 nitrogen and oxygen atoms in total. The van der Waals surface area contributed by atoms with Crippen molar-refractivity contribution in [3.63, 3.8) is 0 Å². The maximum atomic E-state index is 11.5. The van der Waals surface area contributed by atoms with Crippen molar-refractivity contribution in [1.29, 1.82) is 0 Å². The second-order valence-electron chi connectivity index (χ2n) is 6.04. The number of nitrogens with zero attached hydrogens (tertiary/aromatic N) is 3. The fourth-order valence-corrected chi connectivity index (χ4v) is 3.94. The van der Waals surface area contributed by atoms with E-state index in [1.165, 1.54) is 48.8 Å². The summed E-state index contributed by atoms with van der Waals surface area (Å²) in [6.07, 6.45) is 8.32. The van der Waals surface area contributed by atoms with E-state index in [4.69, 9.17) is 0 Å². The molecule has 3 rings (SSSR count). The molecule has 7 heteroatoms. The SMILES string of the molecule is O=C1CCC(=O)N1CCSc1n[nH]c(CCC2CCCC2)n1. The van der Waals surface area contributed by atoms with E-state index in [2.05, 4.69) is 15.2 Å². The van der Waals surface area contributed by atoms with E-state index in [0.29, 0.717) is 30.3 Å². The summed E-state index contributed by atoms with van der Waals surface area (Å²) in [6, 6.07) is 0. The summed E-state index contributed by atoms with van der Waals surface area (Å²) in [5, 5.41) is 7.91. The molecule has 120 valence electrons. The number of likely N-dealkylation sites (tertiary alicyclic amines) is 1. The first-order valence-corrected chi connectivity index (χ1v) is 9.08. The van der Waals surface area contributed by atoms with Crippen molar-refractivity contribution in [2.45, 2.75) is 56.5 Å². The van der Waals surface area contributed by atoms with Gasteiger partial charge in [-0.05, 0) is 12.3 Å². The lowest BCUT2D eigenvalue weighted by Crippen LogP contribution is -2.31.